The number of carboxylic acid groups (broad SMARTS) is 1. The van der Waals surface area contributed by atoms with Gasteiger partial charge in [-0.15, -0.1) is 0 Å². The van der Waals surface area contributed by atoms with E-state index in [0.29, 0.717) is 6.54 Å². The van der Waals surface area contributed by atoms with Crippen LogP contribution in [0.15, 0.2) is 47.3 Å². The lowest BCUT2D eigenvalue weighted by Crippen LogP contribution is -2.28. The number of rotatable bonds is 3. The minimum absolute atomic E-state index is 0.198. The van der Waals surface area contributed by atoms with Crippen LogP contribution in [0.5, 0.6) is 0 Å². The molecule has 18 heavy (non-hydrogen) atoms. The molecule has 0 fully saturated rings. The van der Waals surface area contributed by atoms with Gasteiger partial charge in [0.1, 0.15) is 5.56 Å². The Labute approximate surface area is 104 Å². The first-order valence-corrected chi connectivity index (χ1v) is 5.57. The van der Waals surface area contributed by atoms with Crippen molar-refractivity contribution in [1.82, 2.24) is 4.57 Å². The molecule has 4 nitrogen and oxygen atoms in total. The third-order valence-corrected chi connectivity index (χ3v) is 2.81. The highest BCUT2D eigenvalue weighted by Gasteiger charge is 2.12. The van der Waals surface area contributed by atoms with Gasteiger partial charge in [0.2, 0.25) is 0 Å². The summed E-state index contributed by atoms with van der Waals surface area (Å²) < 4.78 is 1.47. The van der Waals surface area contributed by atoms with Crippen LogP contribution >= 0.6 is 0 Å². The number of aryl methyl sites for hydroxylation is 1. The molecule has 0 amide bonds. The molecule has 1 aromatic heterocycles. The van der Waals surface area contributed by atoms with Crippen LogP contribution in [0.3, 0.4) is 0 Å². The number of hydrogen-bond acceptors (Lipinski definition) is 2. The first-order chi connectivity index (χ1) is 8.59. The predicted octanol–water partition coefficient (Wildman–Crippen LogP) is 1.90. The number of hydrogen-bond donors (Lipinski definition) is 1. The topological polar surface area (TPSA) is 59.3 Å². The molecule has 1 heterocycles. The number of carbonyl (C=O) groups is 1. The number of aromatic nitrogens is 1. The van der Waals surface area contributed by atoms with E-state index < -0.39 is 11.5 Å². The molecule has 0 saturated carbocycles. The van der Waals surface area contributed by atoms with Crippen LogP contribution in [-0.4, -0.2) is 15.6 Å². The lowest BCUT2D eigenvalue weighted by Gasteiger charge is -2.10. The highest BCUT2D eigenvalue weighted by Crippen LogP contribution is 2.04. The van der Waals surface area contributed by atoms with E-state index in [1.54, 1.807) is 13.0 Å². The standard InChI is InChI=1S/C14H13NO3/c1-10-7-8-12(14(17)18)13(16)15(10)9-11-5-3-2-4-6-11/h2-8H,9H2,1H3,(H,17,18). The van der Waals surface area contributed by atoms with Crippen molar-refractivity contribution in [2.75, 3.05) is 0 Å². The number of carboxylic acids is 1. The van der Waals surface area contributed by atoms with E-state index in [2.05, 4.69) is 0 Å². The van der Waals surface area contributed by atoms with Crippen molar-refractivity contribution in [3.05, 3.63) is 69.6 Å². The minimum atomic E-state index is -1.19. The third-order valence-electron chi connectivity index (χ3n) is 2.81. The largest absolute Gasteiger partial charge is 0.477 e. The predicted molar refractivity (Wildman–Crippen MR) is 67.9 cm³/mol. The normalized spacial score (nSPS) is 10.3. The zero-order chi connectivity index (χ0) is 13.1. The van der Waals surface area contributed by atoms with Gasteiger partial charge in [0.15, 0.2) is 0 Å². The molecule has 0 aliphatic rings. The monoisotopic (exact) mass is 243 g/mol. The van der Waals surface area contributed by atoms with E-state index in [1.807, 2.05) is 30.3 Å². The summed E-state index contributed by atoms with van der Waals surface area (Å²) in [6.45, 7) is 2.17. The maximum absolute atomic E-state index is 12.0. The van der Waals surface area contributed by atoms with E-state index in [0.717, 1.165) is 11.3 Å². The van der Waals surface area contributed by atoms with Crippen LogP contribution in [0.2, 0.25) is 0 Å². The van der Waals surface area contributed by atoms with Gasteiger partial charge in [-0.3, -0.25) is 4.79 Å². The summed E-state index contributed by atoms with van der Waals surface area (Å²) in [5, 5.41) is 8.93. The van der Waals surface area contributed by atoms with Crippen molar-refractivity contribution in [3.63, 3.8) is 0 Å². The van der Waals surface area contributed by atoms with Gasteiger partial charge in [-0.1, -0.05) is 30.3 Å². The lowest BCUT2D eigenvalue weighted by molar-refractivity contribution is 0.0694. The first-order valence-electron chi connectivity index (χ1n) is 5.57. The number of aromatic carboxylic acids is 1. The van der Waals surface area contributed by atoms with Crippen LogP contribution in [-0.2, 0) is 6.54 Å². The van der Waals surface area contributed by atoms with Gasteiger partial charge in [-0.2, -0.15) is 0 Å². The van der Waals surface area contributed by atoms with Crippen LogP contribution in [0.25, 0.3) is 0 Å². The van der Waals surface area contributed by atoms with E-state index in [-0.39, 0.29) is 5.56 Å². The van der Waals surface area contributed by atoms with Crippen LogP contribution in [0.1, 0.15) is 21.6 Å². The Bertz CT molecular complexity index is 629. The van der Waals surface area contributed by atoms with Gasteiger partial charge in [0, 0.05) is 5.69 Å². The summed E-state index contributed by atoms with van der Waals surface area (Å²) in [6.07, 6.45) is 0. The van der Waals surface area contributed by atoms with Gasteiger partial charge < -0.3 is 9.67 Å². The highest BCUT2D eigenvalue weighted by atomic mass is 16.4. The Morgan fingerprint density at radius 2 is 1.83 bits per heavy atom. The van der Waals surface area contributed by atoms with E-state index in [1.165, 1.54) is 10.6 Å². The number of benzene rings is 1. The zero-order valence-electron chi connectivity index (χ0n) is 9.96. The molecule has 4 heteroatoms. The molecule has 2 aromatic rings. The number of pyridine rings is 1. The van der Waals surface area contributed by atoms with Crippen molar-refractivity contribution in [1.29, 1.82) is 0 Å². The molecule has 92 valence electrons. The van der Waals surface area contributed by atoms with E-state index in [4.69, 9.17) is 5.11 Å². The van der Waals surface area contributed by atoms with Gasteiger partial charge in [-0.05, 0) is 24.6 Å². The second-order valence-electron chi connectivity index (χ2n) is 4.07. The Kier molecular flexibility index (Phi) is 3.28. The first kappa shape index (κ1) is 12.1. The van der Waals surface area contributed by atoms with Crippen molar-refractivity contribution < 1.29 is 9.90 Å². The summed E-state index contributed by atoms with van der Waals surface area (Å²) in [5.41, 5.74) is 1.04. The molecule has 0 aliphatic heterocycles. The molecule has 1 aromatic carbocycles. The molecule has 0 atom stereocenters. The maximum Gasteiger partial charge on any atom is 0.341 e. The van der Waals surface area contributed by atoms with Gasteiger partial charge in [0.05, 0.1) is 6.54 Å². The molecule has 1 N–H and O–H groups in total. The molecule has 0 spiro atoms. The summed E-state index contributed by atoms with van der Waals surface area (Å²) in [4.78, 5) is 22.9. The Morgan fingerprint density at radius 1 is 1.17 bits per heavy atom. The van der Waals surface area contributed by atoms with Crippen molar-refractivity contribution >= 4 is 5.97 Å². The molecule has 0 radical (unpaired) electrons. The fraction of sp³-hybridized carbons (Fsp3) is 0.143. The lowest BCUT2D eigenvalue weighted by atomic mass is 10.2. The summed E-state index contributed by atoms with van der Waals surface area (Å²) >= 11 is 0. The van der Waals surface area contributed by atoms with Gasteiger partial charge in [-0.25, -0.2) is 4.79 Å². The number of nitrogens with zero attached hydrogens (tertiary/aromatic N) is 1. The molecule has 0 unspecified atom stereocenters. The molecular formula is C14H13NO3. The molecular weight excluding hydrogens is 230 g/mol. The Balaban J connectivity index is 2.48. The van der Waals surface area contributed by atoms with E-state index in [9.17, 15) is 9.59 Å². The minimum Gasteiger partial charge on any atom is -0.477 e. The second-order valence-corrected chi connectivity index (χ2v) is 4.07. The molecule has 0 aliphatic carbocycles. The fourth-order valence-corrected chi connectivity index (χ4v) is 1.80. The Hall–Kier alpha value is -2.36. The quantitative estimate of drug-likeness (QED) is 0.895. The van der Waals surface area contributed by atoms with Crippen LogP contribution in [0.4, 0.5) is 0 Å². The smallest absolute Gasteiger partial charge is 0.341 e. The molecule has 2 rings (SSSR count). The molecule has 0 bridgehead atoms. The van der Waals surface area contributed by atoms with Crippen molar-refractivity contribution in [2.24, 2.45) is 0 Å². The summed E-state index contributed by atoms with van der Waals surface area (Å²) in [6, 6.07) is 12.5. The van der Waals surface area contributed by atoms with Crippen LogP contribution < -0.4 is 5.56 Å². The highest BCUT2D eigenvalue weighted by molar-refractivity contribution is 5.87. The van der Waals surface area contributed by atoms with Crippen molar-refractivity contribution in [3.8, 4) is 0 Å². The van der Waals surface area contributed by atoms with Gasteiger partial charge >= 0.3 is 5.97 Å². The zero-order valence-corrected chi connectivity index (χ0v) is 9.96. The second kappa shape index (κ2) is 4.87. The fourth-order valence-electron chi connectivity index (χ4n) is 1.80. The van der Waals surface area contributed by atoms with Gasteiger partial charge in [0.25, 0.3) is 5.56 Å². The molecule has 0 saturated heterocycles. The van der Waals surface area contributed by atoms with Crippen molar-refractivity contribution in [2.45, 2.75) is 13.5 Å². The van der Waals surface area contributed by atoms with Crippen LogP contribution in [0, 0.1) is 6.92 Å². The average Bonchev–Trinajstić information content (AvgIpc) is 2.35. The summed E-state index contributed by atoms with van der Waals surface area (Å²) in [5.74, 6) is -1.19. The summed E-state index contributed by atoms with van der Waals surface area (Å²) in [7, 11) is 0. The Morgan fingerprint density at radius 3 is 2.44 bits per heavy atom. The SMILES string of the molecule is Cc1ccc(C(=O)O)c(=O)n1Cc1ccccc1. The maximum atomic E-state index is 12.0. The van der Waals surface area contributed by atoms with E-state index >= 15 is 0 Å². The average molecular weight is 243 g/mol. The third kappa shape index (κ3) is 2.32.